The van der Waals surface area contributed by atoms with E-state index < -0.39 is 0 Å². The van der Waals surface area contributed by atoms with Crippen LogP contribution in [-0.4, -0.2) is 0 Å². The first-order chi connectivity index (χ1) is 15.2. The fourth-order valence-corrected chi connectivity index (χ4v) is 7.20. The molecule has 0 heterocycles. The average molecular weight is 400 g/mol. The lowest BCUT2D eigenvalue weighted by molar-refractivity contribution is 0.359. The summed E-state index contributed by atoms with van der Waals surface area (Å²) in [5, 5.41) is 42.7. The lowest BCUT2D eigenvalue weighted by atomic mass is 9.66. The minimum atomic E-state index is 0.164. The van der Waals surface area contributed by atoms with Crippen LogP contribution < -0.4 is 10.4 Å². The summed E-state index contributed by atoms with van der Waals surface area (Å²) in [5.41, 5.74) is 5.18. The lowest BCUT2D eigenvalue weighted by Crippen LogP contribution is -2.29. The third kappa shape index (κ3) is 2.26. The fraction of sp³-hybridized carbons (Fsp3) is 0.407. The van der Waals surface area contributed by atoms with Gasteiger partial charge >= 0.3 is 0 Å². The van der Waals surface area contributed by atoms with Crippen molar-refractivity contribution < 1.29 is 0 Å². The highest BCUT2D eigenvalue weighted by Gasteiger charge is 2.41. The van der Waals surface area contributed by atoms with Crippen molar-refractivity contribution in [3.05, 3.63) is 44.8 Å². The van der Waals surface area contributed by atoms with Crippen LogP contribution in [-0.2, 0) is 0 Å². The summed E-state index contributed by atoms with van der Waals surface area (Å²) >= 11 is 0. The highest BCUT2D eigenvalue weighted by atomic mass is 14.5. The lowest BCUT2D eigenvalue weighted by Gasteiger charge is -2.38. The van der Waals surface area contributed by atoms with Crippen LogP contribution in [0.3, 0.4) is 0 Å². The van der Waals surface area contributed by atoms with Gasteiger partial charge in [0.05, 0.1) is 0 Å². The molecule has 5 aliphatic rings. The van der Waals surface area contributed by atoms with E-state index in [0.29, 0.717) is 23.7 Å². The number of benzene rings is 2. The normalized spacial score (nSPS) is 26.3. The van der Waals surface area contributed by atoms with E-state index in [0.717, 1.165) is 51.6 Å². The van der Waals surface area contributed by atoms with Gasteiger partial charge in [-0.1, -0.05) is 0 Å². The van der Waals surface area contributed by atoms with Crippen LogP contribution in [0, 0.1) is 45.3 Å². The second kappa shape index (κ2) is 6.45. The molecule has 0 aromatic heterocycles. The van der Waals surface area contributed by atoms with Gasteiger partial charge in [-0.15, -0.1) is 0 Å². The number of hydrogen-bond acceptors (Lipinski definition) is 4. The van der Waals surface area contributed by atoms with Crippen molar-refractivity contribution in [1.82, 2.24) is 0 Å². The van der Waals surface area contributed by atoms with Crippen molar-refractivity contribution in [2.24, 2.45) is 0 Å². The topological polar surface area (TPSA) is 95.2 Å². The molecule has 2 aromatic carbocycles. The van der Waals surface area contributed by atoms with Crippen LogP contribution in [0.4, 0.5) is 0 Å². The van der Waals surface area contributed by atoms with Crippen LogP contribution in [0.15, 0.2) is 12.1 Å². The highest BCUT2D eigenvalue weighted by Crippen LogP contribution is 2.53. The Hall–Kier alpha value is -3.60. The van der Waals surface area contributed by atoms with Gasteiger partial charge in [0.1, 0.15) is 35.4 Å². The van der Waals surface area contributed by atoms with Crippen LogP contribution in [0.1, 0.15) is 90.9 Å². The average Bonchev–Trinajstić information content (AvgIpc) is 3.43. The maximum Gasteiger partial charge on any atom is 0.137 e. The first-order valence-electron chi connectivity index (χ1n) is 11.2. The number of nitrogens with zero attached hydrogens (tertiary/aromatic N) is 4. The standard InChI is InChI=1S/C27H20N4/c28-10-18(11-29)24-22-8-20-14-1-2-15(4-3-14)21(20)9-23(22)25(19(12-30)13-31)27-17-6-5-16(7-17)26(24)27/h8-9,14-17H,1-7H2/t14?,15?,16-,17+. The van der Waals surface area contributed by atoms with E-state index in [9.17, 15) is 21.0 Å². The number of nitriles is 4. The first-order valence-corrected chi connectivity index (χ1v) is 11.2. The zero-order valence-electron chi connectivity index (χ0n) is 17.2. The quantitative estimate of drug-likeness (QED) is 0.656. The van der Waals surface area contributed by atoms with Gasteiger partial charge in [-0.25, -0.2) is 0 Å². The Morgan fingerprint density at radius 3 is 1.29 bits per heavy atom. The van der Waals surface area contributed by atoms with Crippen molar-refractivity contribution in [1.29, 1.82) is 21.0 Å². The Labute approximate surface area is 180 Å². The Kier molecular flexibility index (Phi) is 3.78. The van der Waals surface area contributed by atoms with Gasteiger partial charge in [0.15, 0.2) is 0 Å². The molecular weight excluding hydrogens is 380 g/mol. The smallest absolute Gasteiger partial charge is 0.137 e. The van der Waals surface area contributed by atoms with Crippen LogP contribution in [0.25, 0.3) is 21.9 Å². The largest absolute Gasteiger partial charge is 0.192 e. The molecule has 0 amide bonds. The summed E-state index contributed by atoms with van der Waals surface area (Å²) in [6, 6.07) is 13.1. The number of fused-ring (bicyclic) bond motifs is 8. The van der Waals surface area contributed by atoms with Crippen LogP contribution in [0.2, 0.25) is 0 Å². The van der Waals surface area contributed by atoms with E-state index in [1.165, 1.54) is 36.8 Å². The van der Waals surface area contributed by atoms with E-state index in [2.05, 4.69) is 36.4 Å². The van der Waals surface area contributed by atoms with Crippen molar-refractivity contribution in [2.45, 2.75) is 68.6 Å². The molecular formula is C27H20N4. The maximum atomic E-state index is 9.84. The monoisotopic (exact) mass is 400 g/mol. The molecule has 2 aromatic rings. The summed E-state index contributed by atoms with van der Waals surface area (Å²) in [7, 11) is 0. The van der Waals surface area contributed by atoms with E-state index in [1.807, 2.05) is 0 Å². The Bertz CT molecular complexity index is 1330. The molecule has 0 aliphatic heterocycles. The molecule has 0 unspecified atom stereocenters. The van der Waals surface area contributed by atoms with Crippen LogP contribution >= 0.6 is 0 Å². The Morgan fingerprint density at radius 2 is 0.935 bits per heavy atom. The predicted molar refractivity (Wildman–Crippen MR) is 116 cm³/mol. The molecule has 0 N–H and O–H groups in total. The molecule has 31 heavy (non-hydrogen) atoms. The Balaban J connectivity index is 1.93. The molecule has 4 heteroatoms. The number of rotatable bonds is 0. The molecule has 4 nitrogen and oxygen atoms in total. The Morgan fingerprint density at radius 1 is 0.581 bits per heavy atom. The van der Waals surface area contributed by atoms with E-state index in [4.69, 9.17) is 0 Å². The van der Waals surface area contributed by atoms with Crippen LogP contribution in [0.5, 0.6) is 0 Å². The summed E-state index contributed by atoms with van der Waals surface area (Å²) < 4.78 is 0. The molecule has 2 atom stereocenters. The first kappa shape index (κ1) is 18.2. The molecule has 0 saturated heterocycles. The zero-order valence-corrected chi connectivity index (χ0v) is 17.2. The fourth-order valence-electron chi connectivity index (χ4n) is 7.20. The molecule has 148 valence electrons. The molecule has 5 aliphatic carbocycles. The molecule has 0 radical (unpaired) electrons. The predicted octanol–water partition coefficient (Wildman–Crippen LogP) is 4.36. The SMILES string of the molecule is N#CC(C#N)=c1c2c(c(=C(C#N)C#N)c3cc4c(cc13)C1CCC4CC1)[C@H]1CC[C@@H]2C1. The third-order valence-corrected chi connectivity index (χ3v) is 8.39. The summed E-state index contributed by atoms with van der Waals surface area (Å²) in [6.07, 6.45) is 7.87. The van der Waals surface area contributed by atoms with Crippen molar-refractivity contribution >= 4 is 21.9 Å². The summed E-state index contributed by atoms with van der Waals surface area (Å²) in [4.78, 5) is 0. The van der Waals surface area contributed by atoms with Gasteiger partial charge in [0.2, 0.25) is 0 Å². The van der Waals surface area contributed by atoms with Gasteiger partial charge < -0.3 is 0 Å². The molecule has 7 rings (SSSR count). The minimum Gasteiger partial charge on any atom is -0.192 e. The summed E-state index contributed by atoms with van der Waals surface area (Å²) in [5.74, 6) is 1.68. The van der Waals surface area contributed by atoms with Crippen molar-refractivity contribution in [3.8, 4) is 24.3 Å². The maximum absolute atomic E-state index is 9.84. The molecule has 2 fully saturated rings. The second-order valence-electron chi connectivity index (χ2n) is 9.56. The van der Waals surface area contributed by atoms with E-state index in [-0.39, 0.29) is 11.1 Å². The highest BCUT2D eigenvalue weighted by molar-refractivity contribution is 5.96. The second-order valence-corrected chi connectivity index (χ2v) is 9.56. The van der Waals surface area contributed by atoms with Crippen molar-refractivity contribution in [2.75, 3.05) is 0 Å². The van der Waals surface area contributed by atoms with Gasteiger partial charge in [-0.3, -0.25) is 0 Å². The van der Waals surface area contributed by atoms with Gasteiger partial charge in [-0.05, 0) is 114 Å². The van der Waals surface area contributed by atoms with Gasteiger partial charge in [-0.2, -0.15) is 21.0 Å². The molecule has 4 bridgehead atoms. The van der Waals surface area contributed by atoms with Gasteiger partial charge in [0.25, 0.3) is 0 Å². The number of hydrogen-bond donors (Lipinski definition) is 0. The summed E-state index contributed by atoms with van der Waals surface area (Å²) in [6.45, 7) is 0. The minimum absolute atomic E-state index is 0.164. The zero-order chi connectivity index (χ0) is 21.3. The third-order valence-electron chi connectivity index (χ3n) is 8.39. The molecule has 0 spiro atoms. The van der Waals surface area contributed by atoms with E-state index in [1.54, 1.807) is 0 Å². The molecule has 2 saturated carbocycles. The van der Waals surface area contributed by atoms with Crippen molar-refractivity contribution in [3.63, 3.8) is 0 Å². The van der Waals surface area contributed by atoms with E-state index >= 15 is 0 Å². The van der Waals surface area contributed by atoms with Gasteiger partial charge in [0, 0.05) is 10.4 Å².